The highest BCUT2D eigenvalue weighted by atomic mass is 127. The van der Waals surface area contributed by atoms with Crippen molar-refractivity contribution in [3.8, 4) is 0 Å². The molecule has 0 aliphatic carbocycles. The molecule has 0 aromatic heterocycles. The maximum atomic E-state index is 11.6. The van der Waals surface area contributed by atoms with Gasteiger partial charge in [-0.15, -0.1) is 0 Å². The van der Waals surface area contributed by atoms with E-state index in [1.807, 2.05) is 0 Å². The topological polar surface area (TPSA) is 12.8 Å². The number of rotatable bonds is 6. The molecule has 0 heterocycles. The Balaban J connectivity index is 3.49. The highest BCUT2D eigenvalue weighted by molar-refractivity contribution is 14.2. The Hall–Kier alpha value is 0.780. The van der Waals surface area contributed by atoms with E-state index in [0.717, 1.165) is 11.7 Å². The summed E-state index contributed by atoms with van der Waals surface area (Å²) >= 11 is 2.28. The maximum absolute atomic E-state index is 11.6. The second-order valence-corrected chi connectivity index (χ2v) is 9.18. The van der Waals surface area contributed by atoms with Gasteiger partial charge in [-0.25, -0.2) is 0 Å². The third kappa shape index (κ3) is 10.7. The van der Waals surface area contributed by atoms with Crippen molar-refractivity contribution in [2.75, 3.05) is 12.8 Å². The lowest BCUT2D eigenvalue weighted by Gasteiger charge is -2.12. The van der Waals surface area contributed by atoms with Gasteiger partial charge in [-0.3, -0.25) is 0 Å². The molecular formula is C5H11B2F3IOP. The van der Waals surface area contributed by atoms with E-state index in [1.54, 1.807) is 0 Å². The third-order valence-electron chi connectivity index (χ3n) is 1.24. The van der Waals surface area contributed by atoms with E-state index in [4.69, 9.17) is 0 Å². The van der Waals surface area contributed by atoms with E-state index in [1.165, 1.54) is 0 Å². The first-order chi connectivity index (χ1) is 5.81. The van der Waals surface area contributed by atoms with Gasteiger partial charge in [-0.1, -0.05) is 39.6 Å². The number of hydrogen-bond acceptors (Lipinski definition) is 0. The SMILES string of the molecule is BP(I)CC(=C)CC[OH+][B-](F)(F)F. The van der Waals surface area contributed by atoms with Crippen LogP contribution in [0.1, 0.15) is 6.42 Å². The summed E-state index contributed by atoms with van der Waals surface area (Å²) in [5.74, 6) is 0. The standard InChI is InChI=1S/C5H11B2F3IOP/c1-5(4-13(6)11)2-3-12-7(8,9)10/h12H,1-4,6H2. The molecule has 76 valence electrons. The molecule has 0 bridgehead atoms. The van der Waals surface area contributed by atoms with E-state index in [-0.39, 0.29) is 12.0 Å². The summed E-state index contributed by atoms with van der Waals surface area (Å²) < 4.78 is 37.5. The molecule has 0 spiro atoms. The second kappa shape index (κ2) is 6.30. The van der Waals surface area contributed by atoms with Crippen molar-refractivity contribution in [3.63, 3.8) is 0 Å². The van der Waals surface area contributed by atoms with Crippen molar-refractivity contribution in [2.45, 2.75) is 6.42 Å². The average Bonchev–Trinajstić information content (AvgIpc) is 1.81. The van der Waals surface area contributed by atoms with Crippen molar-refractivity contribution in [1.29, 1.82) is 0 Å². The molecule has 0 aromatic rings. The maximum Gasteiger partial charge on any atom is 0.842 e. The van der Waals surface area contributed by atoms with E-state index >= 15 is 0 Å². The van der Waals surface area contributed by atoms with Crippen molar-refractivity contribution in [1.82, 2.24) is 0 Å². The zero-order chi connectivity index (χ0) is 10.5. The fraction of sp³-hybridized carbons (Fsp3) is 0.600. The van der Waals surface area contributed by atoms with Crippen molar-refractivity contribution >= 4 is 42.2 Å². The molecule has 0 aromatic carbocycles. The monoisotopic (exact) mass is 324 g/mol. The van der Waals surface area contributed by atoms with E-state index < -0.39 is 7.18 Å². The number of halogens is 4. The molecule has 0 saturated heterocycles. The van der Waals surface area contributed by atoms with Gasteiger partial charge < -0.3 is 17.6 Å². The summed E-state index contributed by atoms with van der Waals surface area (Å²) in [5.41, 5.74) is 0.736. The Bertz CT molecular complexity index is 176. The van der Waals surface area contributed by atoms with Gasteiger partial charge in [-0.05, 0) is 6.16 Å². The quantitative estimate of drug-likeness (QED) is 0.234. The zero-order valence-corrected chi connectivity index (χ0v) is 10.4. The molecule has 0 rings (SSSR count). The summed E-state index contributed by atoms with van der Waals surface area (Å²) in [6, 6.07) is 0. The molecule has 0 amide bonds. The normalized spacial score (nSPS) is 14.2. The van der Waals surface area contributed by atoms with E-state index in [2.05, 4.69) is 40.8 Å². The van der Waals surface area contributed by atoms with Crippen LogP contribution in [0.3, 0.4) is 0 Å². The lowest BCUT2D eigenvalue weighted by atomic mass is 10.2. The predicted octanol–water partition coefficient (Wildman–Crippen LogP) is 2.18. The molecule has 0 aliphatic heterocycles. The second-order valence-electron chi connectivity index (χ2n) is 2.71. The molecular weight excluding hydrogens is 313 g/mol. The molecule has 1 unspecified atom stereocenters. The zero-order valence-electron chi connectivity index (χ0n) is 7.31. The number of hydrogen-bond donors (Lipinski definition) is 0. The summed E-state index contributed by atoms with van der Waals surface area (Å²) in [7, 11) is -2.91. The molecule has 1 nitrogen and oxygen atoms in total. The molecule has 0 aliphatic rings. The lowest BCUT2D eigenvalue weighted by molar-refractivity contribution is 0.0377. The summed E-state index contributed by atoms with van der Waals surface area (Å²) in [5, 5.41) is 0. The lowest BCUT2D eigenvalue weighted by Crippen LogP contribution is -2.26. The highest BCUT2D eigenvalue weighted by Crippen LogP contribution is 2.40. The molecule has 1 N–H and O–H groups in total. The number of aliphatic hydroxyl groups is 1. The Morgan fingerprint density at radius 1 is 1.54 bits per heavy atom. The summed E-state index contributed by atoms with van der Waals surface area (Å²) in [6.45, 7) is 3.54. The summed E-state index contributed by atoms with van der Waals surface area (Å²) in [6.07, 6.45) is 1.19. The minimum atomic E-state index is -4.97. The molecule has 13 heavy (non-hydrogen) atoms. The Morgan fingerprint density at radius 2 is 2.08 bits per heavy atom. The van der Waals surface area contributed by atoms with Crippen LogP contribution in [0, 0.1) is 0 Å². The third-order valence-corrected chi connectivity index (χ3v) is 3.15. The predicted molar refractivity (Wildman–Crippen MR) is 64.3 cm³/mol. The van der Waals surface area contributed by atoms with Crippen LogP contribution in [0.5, 0.6) is 0 Å². The first kappa shape index (κ1) is 13.8. The van der Waals surface area contributed by atoms with Crippen LogP contribution in [0.25, 0.3) is 0 Å². The van der Waals surface area contributed by atoms with Gasteiger partial charge in [0.2, 0.25) is 0 Å². The minimum absolute atomic E-state index is 0.132. The fourth-order valence-corrected chi connectivity index (χ4v) is 2.98. The minimum Gasteiger partial charge on any atom is -0.593 e. The van der Waals surface area contributed by atoms with E-state index in [0.29, 0.717) is 6.42 Å². The largest absolute Gasteiger partial charge is 0.842 e. The van der Waals surface area contributed by atoms with Gasteiger partial charge in [-0.2, -0.15) is 0 Å². The van der Waals surface area contributed by atoms with Crippen LogP contribution in [0.2, 0.25) is 0 Å². The van der Waals surface area contributed by atoms with Gasteiger partial charge >= 0.3 is 7.18 Å². The van der Waals surface area contributed by atoms with Crippen molar-refractivity contribution in [3.05, 3.63) is 12.2 Å². The Kier molecular flexibility index (Phi) is 6.68. The molecule has 1 atom stereocenters. The van der Waals surface area contributed by atoms with Gasteiger partial charge in [0.15, 0.2) is 0 Å². The smallest absolute Gasteiger partial charge is 0.593 e. The Morgan fingerprint density at radius 3 is 2.46 bits per heavy atom. The molecule has 0 fully saturated rings. The van der Waals surface area contributed by atoms with Crippen LogP contribution in [-0.2, 0) is 0 Å². The fourth-order valence-electron chi connectivity index (χ4n) is 0.756. The summed E-state index contributed by atoms with van der Waals surface area (Å²) in [4.78, 5) is 0. The highest BCUT2D eigenvalue weighted by Gasteiger charge is 2.37. The van der Waals surface area contributed by atoms with Crippen molar-refractivity contribution in [2.24, 2.45) is 0 Å². The van der Waals surface area contributed by atoms with Crippen LogP contribution < -0.4 is 0 Å². The van der Waals surface area contributed by atoms with Gasteiger partial charge in [0.25, 0.3) is 0 Å². The van der Waals surface area contributed by atoms with Crippen molar-refractivity contribution < 1.29 is 17.6 Å². The average molecular weight is 324 g/mol. The van der Waals surface area contributed by atoms with Crippen LogP contribution >= 0.6 is 27.5 Å². The molecule has 0 saturated carbocycles. The van der Waals surface area contributed by atoms with Crippen LogP contribution in [0.4, 0.5) is 12.9 Å². The van der Waals surface area contributed by atoms with Gasteiger partial charge in [0.1, 0.15) is 14.2 Å². The molecule has 0 radical (unpaired) electrons. The van der Waals surface area contributed by atoms with Gasteiger partial charge in [0.05, 0.1) is 0 Å². The van der Waals surface area contributed by atoms with E-state index in [9.17, 15) is 12.9 Å². The van der Waals surface area contributed by atoms with Crippen LogP contribution in [0.15, 0.2) is 12.2 Å². The van der Waals surface area contributed by atoms with Gasteiger partial charge in [0, 0.05) is 6.42 Å². The Labute approximate surface area is 91.2 Å². The van der Waals surface area contributed by atoms with Crippen LogP contribution in [-0.4, -0.2) is 32.2 Å². The molecule has 8 heteroatoms. The first-order valence-corrected chi connectivity index (χ1v) is 8.48. The first-order valence-electron chi connectivity index (χ1n) is 3.72.